The van der Waals surface area contributed by atoms with Gasteiger partial charge in [0.15, 0.2) is 0 Å². The number of rotatable bonds is 1. The maximum Gasteiger partial charge on any atom is -0.0184 e. The van der Waals surface area contributed by atoms with Crippen molar-refractivity contribution in [1.82, 2.24) is 0 Å². The van der Waals surface area contributed by atoms with Crippen LogP contribution in [-0.4, -0.2) is 6.91 Å². The molecule has 0 radical (unpaired) electrons. The van der Waals surface area contributed by atoms with E-state index in [-0.39, 0.29) is 0 Å². The van der Waals surface area contributed by atoms with Crippen LogP contribution in [0.3, 0.4) is 0 Å². The monoisotopic (exact) mass is 230 g/mol. The van der Waals surface area contributed by atoms with Crippen LogP contribution in [0, 0.1) is 0 Å². The number of hydrogen-bond donors (Lipinski definition) is 0. The minimum atomic E-state index is 1.28. The SMILES string of the molecule is b1ccccc1.c1ccc(-c2ccccc2)cc1. The second-order valence-corrected chi connectivity index (χ2v) is 3.89. The molecule has 0 saturated carbocycles. The molecule has 0 N–H and O–H groups in total. The largest absolute Gasteiger partial charge is 0.0622 e. The average Bonchev–Trinajstić information content (AvgIpc) is 2.51. The third kappa shape index (κ3) is 4.02. The fourth-order valence-corrected chi connectivity index (χ4v) is 1.65. The van der Waals surface area contributed by atoms with Gasteiger partial charge in [-0.1, -0.05) is 60.7 Å². The summed E-state index contributed by atoms with van der Waals surface area (Å²) in [5.41, 5.74) is 2.55. The van der Waals surface area contributed by atoms with Crippen LogP contribution in [0.25, 0.3) is 11.1 Å². The molecule has 0 spiro atoms. The molecule has 18 heavy (non-hydrogen) atoms. The van der Waals surface area contributed by atoms with Crippen molar-refractivity contribution in [1.29, 1.82) is 0 Å². The first kappa shape index (κ1) is 12.3. The van der Waals surface area contributed by atoms with E-state index in [9.17, 15) is 0 Å². The van der Waals surface area contributed by atoms with Crippen LogP contribution >= 0.6 is 0 Å². The standard InChI is InChI=1S/C12H10.C5H5B/c1-3-7-11(8-4-1)12-9-5-2-6-10-12;1-2-4-6-5-3-1/h1-10H;1-5H. The number of hydrogen-bond acceptors (Lipinski definition) is 0. The molecule has 0 bridgehead atoms. The third-order valence-electron chi connectivity index (χ3n) is 2.55. The van der Waals surface area contributed by atoms with Gasteiger partial charge in [0.25, 0.3) is 0 Å². The van der Waals surface area contributed by atoms with Gasteiger partial charge in [0, 0.05) is 0 Å². The van der Waals surface area contributed by atoms with Gasteiger partial charge >= 0.3 is 37.0 Å². The molecule has 86 valence electrons. The fraction of sp³-hybridized carbons (Fsp3) is 0. The van der Waals surface area contributed by atoms with Gasteiger partial charge in [-0.3, -0.25) is 0 Å². The van der Waals surface area contributed by atoms with E-state index in [1.807, 2.05) is 49.2 Å². The Morgan fingerprint density at radius 3 is 1.11 bits per heavy atom. The van der Waals surface area contributed by atoms with Crippen LogP contribution < -0.4 is 0 Å². The molecule has 1 heteroatoms. The van der Waals surface area contributed by atoms with E-state index in [4.69, 9.17) is 0 Å². The second-order valence-electron chi connectivity index (χ2n) is 3.89. The van der Waals surface area contributed by atoms with Crippen molar-refractivity contribution >= 4 is 6.91 Å². The normalized spacial score (nSPS) is 8.89. The van der Waals surface area contributed by atoms with E-state index < -0.39 is 0 Å². The molecule has 3 rings (SSSR count). The number of benzene rings is 2. The Kier molecular flexibility index (Phi) is 4.95. The summed E-state index contributed by atoms with van der Waals surface area (Å²) in [6, 6.07) is 26.8. The molecule has 0 fully saturated rings. The van der Waals surface area contributed by atoms with Crippen LogP contribution in [0.1, 0.15) is 0 Å². The van der Waals surface area contributed by atoms with Crippen molar-refractivity contribution in [2.24, 2.45) is 0 Å². The second kappa shape index (κ2) is 7.23. The van der Waals surface area contributed by atoms with Crippen molar-refractivity contribution in [3.63, 3.8) is 0 Å². The molecule has 1 aromatic heterocycles. The van der Waals surface area contributed by atoms with Crippen LogP contribution in [0.2, 0.25) is 0 Å². The summed E-state index contributed by atoms with van der Waals surface area (Å²) in [7, 11) is 0. The topological polar surface area (TPSA) is 0 Å². The summed E-state index contributed by atoms with van der Waals surface area (Å²) in [5, 5.41) is 0. The Morgan fingerprint density at radius 2 is 0.833 bits per heavy atom. The van der Waals surface area contributed by atoms with Crippen molar-refractivity contribution in [2.75, 3.05) is 0 Å². The minimum absolute atomic E-state index is 1.28. The predicted molar refractivity (Wildman–Crippen MR) is 79.7 cm³/mol. The Hall–Kier alpha value is -2.15. The van der Waals surface area contributed by atoms with Gasteiger partial charge in [0.2, 0.25) is 0 Å². The fourth-order valence-electron chi connectivity index (χ4n) is 1.65. The van der Waals surface area contributed by atoms with Gasteiger partial charge in [-0.2, -0.15) is 0 Å². The molecule has 1 heterocycles. The van der Waals surface area contributed by atoms with Crippen LogP contribution in [-0.2, 0) is 0 Å². The van der Waals surface area contributed by atoms with E-state index in [0.29, 0.717) is 0 Å². The van der Waals surface area contributed by atoms with E-state index in [0.717, 1.165) is 0 Å². The van der Waals surface area contributed by atoms with E-state index in [1.165, 1.54) is 11.1 Å². The first-order chi connectivity index (χ1) is 8.97. The molecule has 3 aromatic rings. The summed E-state index contributed by atoms with van der Waals surface area (Å²) in [5.74, 6) is 4.00. The predicted octanol–water partition coefficient (Wildman–Crippen LogP) is 4.38. The minimum Gasteiger partial charge on any atom is -0.0622 e. The molecule has 0 saturated heterocycles. The molecule has 0 amide bonds. The molecule has 0 aliphatic heterocycles. The van der Waals surface area contributed by atoms with Crippen LogP contribution in [0.4, 0.5) is 0 Å². The molecule has 0 unspecified atom stereocenters. The quantitative estimate of drug-likeness (QED) is 0.582. The van der Waals surface area contributed by atoms with E-state index in [1.54, 1.807) is 0 Å². The smallest absolute Gasteiger partial charge is 0.0184 e. The summed E-state index contributed by atoms with van der Waals surface area (Å²) in [4.78, 5) is 0. The van der Waals surface area contributed by atoms with Gasteiger partial charge in [-0.25, -0.2) is 0 Å². The van der Waals surface area contributed by atoms with Crippen molar-refractivity contribution < 1.29 is 0 Å². The molecule has 0 aliphatic rings. The third-order valence-corrected chi connectivity index (χ3v) is 2.55. The van der Waals surface area contributed by atoms with E-state index in [2.05, 4.69) is 48.5 Å². The molecular formula is C17H15B. The Labute approximate surface area is 109 Å². The van der Waals surface area contributed by atoms with Crippen LogP contribution in [0.5, 0.6) is 0 Å². The molecule has 0 aliphatic carbocycles. The molecule has 0 nitrogen and oxygen atoms in total. The van der Waals surface area contributed by atoms with Gasteiger partial charge in [-0.15, -0.1) is 0 Å². The van der Waals surface area contributed by atoms with E-state index >= 15 is 0 Å². The first-order valence-corrected chi connectivity index (χ1v) is 6.07. The first-order valence-electron chi connectivity index (χ1n) is 6.07. The zero-order valence-electron chi connectivity index (χ0n) is 10.2. The Balaban J connectivity index is 0.000000169. The maximum absolute atomic E-state index is 2.12. The van der Waals surface area contributed by atoms with Gasteiger partial charge in [0.05, 0.1) is 0 Å². The van der Waals surface area contributed by atoms with Crippen molar-refractivity contribution in [3.8, 4) is 11.1 Å². The van der Waals surface area contributed by atoms with Gasteiger partial charge in [-0.05, 0) is 11.1 Å². The maximum atomic E-state index is 2.12. The van der Waals surface area contributed by atoms with Crippen molar-refractivity contribution in [3.05, 3.63) is 90.8 Å². The summed E-state index contributed by atoms with van der Waals surface area (Å²) in [6.07, 6.45) is 0. The average molecular weight is 230 g/mol. The zero-order chi connectivity index (χ0) is 12.5. The summed E-state index contributed by atoms with van der Waals surface area (Å²) >= 11 is 0. The summed E-state index contributed by atoms with van der Waals surface area (Å²) in [6.45, 7) is 2.00. The Morgan fingerprint density at radius 1 is 0.444 bits per heavy atom. The Bertz CT molecular complexity index is 468. The van der Waals surface area contributed by atoms with Crippen LogP contribution in [0.15, 0.2) is 90.8 Å². The van der Waals surface area contributed by atoms with Crippen molar-refractivity contribution in [2.45, 2.75) is 0 Å². The summed E-state index contributed by atoms with van der Waals surface area (Å²) < 4.78 is 0. The van der Waals surface area contributed by atoms with Gasteiger partial charge < -0.3 is 0 Å². The molecule has 2 aromatic carbocycles. The molecule has 0 atom stereocenters. The molecular weight excluding hydrogens is 215 g/mol. The zero-order valence-corrected chi connectivity index (χ0v) is 10.2. The van der Waals surface area contributed by atoms with Gasteiger partial charge in [0.1, 0.15) is 0 Å².